The minimum absolute atomic E-state index is 0.132. The monoisotopic (exact) mass is 400 g/mol. The van der Waals surface area contributed by atoms with Crippen LogP contribution in [0.25, 0.3) is 0 Å². The van der Waals surface area contributed by atoms with Crippen molar-refractivity contribution in [3.05, 3.63) is 41.4 Å². The molecule has 0 aromatic heterocycles. The fraction of sp³-hybridized carbons (Fsp3) is 0.278. The second-order valence-electron chi connectivity index (χ2n) is 5.45. The van der Waals surface area contributed by atoms with Gasteiger partial charge in [-0.05, 0) is 37.3 Å². The van der Waals surface area contributed by atoms with Crippen molar-refractivity contribution in [1.82, 2.24) is 0 Å². The van der Waals surface area contributed by atoms with E-state index in [-0.39, 0.29) is 17.4 Å². The van der Waals surface area contributed by atoms with E-state index in [1.54, 1.807) is 31.2 Å². The molecule has 1 amide bonds. The van der Waals surface area contributed by atoms with E-state index in [0.717, 1.165) is 0 Å². The molecule has 1 atom stereocenters. The predicted octanol–water partition coefficient (Wildman–Crippen LogP) is 4.40. The summed E-state index contributed by atoms with van der Waals surface area (Å²) in [5.41, 5.74) is 0.915. The summed E-state index contributed by atoms with van der Waals surface area (Å²) in [6.45, 7) is -1.37. The number of anilines is 2. The molecule has 0 unspecified atom stereocenters. The number of hydrogen-bond donors (Lipinski definition) is 2. The average Bonchev–Trinajstić information content (AvgIpc) is 2.61. The SMILES string of the molecule is COc1ccc(NC(=O)[C@H](C)Nc2ccc(OC)c(OC(F)F)c2)cc1Cl. The molecule has 0 saturated heterocycles. The van der Waals surface area contributed by atoms with Gasteiger partial charge in [0.15, 0.2) is 11.5 Å². The van der Waals surface area contributed by atoms with Crippen molar-refractivity contribution in [3.63, 3.8) is 0 Å². The van der Waals surface area contributed by atoms with Crippen molar-refractivity contribution >= 4 is 28.9 Å². The minimum atomic E-state index is -2.99. The van der Waals surface area contributed by atoms with Gasteiger partial charge in [0.1, 0.15) is 11.8 Å². The van der Waals surface area contributed by atoms with Crippen LogP contribution in [0.4, 0.5) is 20.2 Å². The summed E-state index contributed by atoms with van der Waals surface area (Å²) in [6, 6.07) is 8.56. The van der Waals surface area contributed by atoms with E-state index in [0.29, 0.717) is 22.1 Å². The Labute approximate surface area is 160 Å². The summed E-state index contributed by atoms with van der Waals surface area (Å²) in [4.78, 5) is 12.3. The minimum Gasteiger partial charge on any atom is -0.495 e. The second kappa shape index (κ2) is 9.27. The molecule has 2 aromatic rings. The highest BCUT2D eigenvalue weighted by molar-refractivity contribution is 6.32. The summed E-state index contributed by atoms with van der Waals surface area (Å²) >= 11 is 6.03. The van der Waals surface area contributed by atoms with Crippen LogP contribution in [0.15, 0.2) is 36.4 Å². The Kier molecular flexibility index (Phi) is 7.06. The van der Waals surface area contributed by atoms with E-state index >= 15 is 0 Å². The van der Waals surface area contributed by atoms with Gasteiger partial charge in [-0.25, -0.2) is 0 Å². The van der Waals surface area contributed by atoms with E-state index in [4.69, 9.17) is 21.1 Å². The molecule has 0 aliphatic heterocycles. The molecule has 0 aliphatic carbocycles. The van der Waals surface area contributed by atoms with Crippen LogP contribution in [0.1, 0.15) is 6.92 Å². The number of methoxy groups -OCH3 is 2. The van der Waals surface area contributed by atoms with Gasteiger partial charge in [-0.15, -0.1) is 0 Å². The van der Waals surface area contributed by atoms with E-state index in [1.165, 1.54) is 26.4 Å². The summed E-state index contributed by atoms with van der Waals surface area (Å²) in [5.74, 6) is 0.173. The molecule has 0 spiro atoms. The number of benzene rings is 2. The maximum Gasteiger partial charge on any atom is 0.387 e. The molecule has 2 rings (SSSR count). The maximum atomic E-state index is 12.5. The topological polar surface area (TPSA) is 68.8 Å². The molecule has 0 radical (unpaired) electrons. The molecular formula is C18H19ClF2N2O4. The third-order valence-electron chi connectivity index (χ3n) is 3.58. The Bertz CT molecular complexity index is 805. The number of rotatable bonds is 8. The zero-order valence-electron chi connectivity index (χ0n) is 14.9. The smallest absolute Gasteiger partial charge is 0.387 e. The summed E-state index contributed by atoms with van der Waals surface area (Å²) in [6.07, 6.45) is 0. The normalized spacial score (nSPS) is 11.7. The van der Waals surface area contributed by atoms with Crippen LogP contribution in [-0.4, -0.2) is 32.8 Å². The van der Waals surface area contributed by atoms with Gasteiger partial charge in [0.2, 0.25) is 5.91 Å². The lowest BCUT2D eigenvalue weighted by atomic mass is 10.2. The Morgan fingerprint density at radius 2 is 1.63 bits per heavy atom. The van der Waals surface area contributed by atoms with E-state index in [1.807, 2.05) is 0 Å². The average molecular weight is 401 g/mol. The lowest BCUT2D eigenvalue weighted by molar-refractivity contribution is -0.116. The Morgan fingerprint density at radius 3 is 2.22 bits per heavy atom. The van der Waals surface area contributed by atoms with Crippen molar-refractivity contribution in [2.45, 2.75) is 19.6 Å². The second-order valence-corrected chi connectivity index (χ2v) is 5.86. The summed E-state index contributed by atoms with van der Waals surface area (Å²) in [7, 11) is 2.84. The van der Waals surface area contributed by atoms with Gasteiger partial charge in [-0.1, -0.05) is 11.6 Å². The molecule has 2 N–H and O–H groups in total. The zero-order chi connectivity index (χ0) is 20.0. The van der Waals surface area contributed by atoms with Crippen molar-refractivity contribution in [3.8, 4) is 17.2 Å². The molecular weight excluding hydrogens is 382 g/mol. The van der Waals surface area contributed by atoms with Crippen LogP contribution in [0.5, 0.6) is 17.2 Å². The third-order valence-corrected chi connectivity index (χ3v) is 3.87. The van der Waals surface area contributed by atoms with Gasteiger partial charge >= 0.3 is 6.61 Å². The van der Waals surface area contributed by atoms with Crippen molar-refractivity contribution in [2.24, 2.45) is 0 Å². The molecule has 0 saturated carbocycles. The molecule has 6 nitrogen and oxygen atoms in total. The molecule has 9 heteroatoms. The molecule has 27 heavy (non-hydrogen) atoms. The van der Waals surface area contributed by atoms with Crippen LogP contribution in [0.2, 0.25) is 5.02 Å². The first-order valence-corrected chi connectivity index (χ1v) is 8.25. The Morgan fingerprint density at radius 1 is 1.00 bits per heavy atom. The molecule has 146 valence electrons. The number of ether oxygens (including phenoxy) is 3. The summed E-state index contributed by atoms with van der Waals surface area (Å²) < 4.78 is 39.5. The maximum absolute atomic E-state index is 12.5. The fourth-order valence-corrected chi connectivity index (χ4v) is 2.52. The first-order valence-electron chi connectivity index (χ1n) is 7.87. The van der Waals surface area contributed by atoms with Crippen molar-refractivity contribution < 1.29 is 27.8 Å². The van der Waals surface area contributed by atoms with Gasteiger partial charge in [0.25, 0.3) is 0 Å². The van der Waals surface area contributed by atoms with Crippen LogP contribution in [-0.2, 0) is 4.79 Å². The van der Waals surface area contributed by atoms with Crippen LogP contribution in [0, 0.1) is 0 Å². The highest BCUT2D eigenvalue weighted by Crippen LogP contribution is 2.32. The largest absolute Gasteiger partial charge is 0.495 e. The number of nitrogens with one attached hydrogen (secondary N) is 2. The lowest BCUT2D eigenvalue weighted by Gasteiger charge is -2.17. The number of carbonyl (C=O) groups excluding carboxylic acids is 1. The number of carbonyl (C=O) groups is 1. The molecule has 0 bridgehead atoms. The molecule has 0 aliphatic rings. The number of hydrogen-bond acceptors (Lipinski definition) is 5. The first-order chi connectivity index (χ1) is 12.8. The van der Waals surface area contributed by atoms with E-state index < -0.39 is 12.7 Å². The standard InChI is InChI=1S/C18H19ClF2N2O4/c1-10(17(24)23-11-4-6-14(25-2)13(19)8-11)22-12-5-7-15(26-3)16(9-12)27-18(20)21/h4-10,18,22H,1-3H3,(H,23,24)/t10-/m0/s1. The predicted molar refractivity (Wildman–Crippen MR) is 99.3 cm³/mol. The van der Waals surface area contributed by atoms with Gasteiger partial charge in [0, 0.05) is 17.4 Å². The van der Waals surface area contributed by atoms with Crippen molar-refractivity contribution in [2.75, 3.05) is 24.9 Å². The van der Waals surface area contributed by atoms with Crippen LogP contribution < -0.4 is 24.8 Å². The lowest BCUT2D eigenvalue weighted by Crippen LogP contribution is -2.31. The number of amides is 1. The zero-order valence-corrected chi connectivity index (χ0v) is 15.6. The Balaban J connectivity index is 2.06. The molecule has 0 fully saturated rings. The van der Waals surface area contributed by atoms with Crippen molar-refractivity contribution in [1.29, 1.82) is 0 Å². The highest BCUT2D eigenvalue weighted by atomic mass is 35.5. The fourth-order valence-electron chi connectivity index (χ4n) is 2.26. The quantitative estimate of drug-likeness (QED) is 0.687. The van der Waals surface area contributed by atoms with E-state index in [9.17, 15) is 13.6 Å². The first kappa shape index (κ1) is 20.6. The molecule has 0 heterocycles. The van der Waals surface area contributed by atoms with Gasteiger partial charge in [0.05, 0.1) is 19.2 Å². The number of halogens is 3. The van der Waals surface area contributed by atoms with Crippen LogP contribution in [0.3, 0.4) is 0 Å². The molecule has 2 aromatic carbocycles. The van der Waals surface area contributed by atoms with Gasteiger partial charge in [-0.2, -0.15) is 8.78 Å². The highest BCUT2D eigenvalue weighted by Gasteiger charge is 2.16. The third kappa shape index (κ3) is 5.62. The number of alkyl halides is 2. The Hall–Kier alpha value is -2.74. The van der Waals surface area contributed by atoms with Gasteiger partial charge in [-0.3, -0.25) is 4.79 Å². The van der Waals surface area contributed by atoms with Crippen LogP contribution >= 0.6 is 11.6 Å². The summed E-state index contributed by atoms with van der Waals surface area (Å²) in [5, 5.41) is 5.98. The van der Waals surface area contributed by atoms with Gasteiger partial charge < -0.3 is 24.8 Å². The van der Waals surface area contributed by atoms with E-state index in [2.05, 4.69) is 15.4 Å².